The highest BCUT2D eigenvalue weighted by molar-refractivity contribution is 7.07. The maximum atomic E-state index is 14.0. The molecule has 11 heteroatoms. The van der Waals surface area contributed by atoms with E-state index in [0.717, 1.165) is 0 Å². The van der Waals surface area contributed by atoms with E-state index in [9.17, 15) is 9.59 Å². The van der Waals surface area contributed by atoms with E-state index < -0.39 is 12.0 Å². The van der Waals surface area contributed by atoms with Crippen molar-refractivity contribution in [1.82, 2.24) is 4.57 Å². The van der Waals surface area contributed by atoms with Gasteiger partial charge in [-0.2, -0.15) is 5.26 Å². The van der Waals surface area contributed by atoms with Crippen molar-refractivity contribution in [1.29, 1.82) is 5.26 Å². The van der Waals surface area contributed by atoms with Crippen LogP contribution in [0.25, 0.3) is 11.8 Å². The molecule has 0 bridgehead atoms. The summed E-state index contributed by atoms with van der Waals surface area (Å²) >= 11 is 13.8. The molecule has 1 atom stereocenters. The third kappa shape index (κ3) is 5.70. The van der Waals surface area contributed by atoms with Crippen molar-refractivity contribution in [2.45, 2.75) is 13.0 Å². The quantitative estimate of drug-likeness (QED) is 0.253. The summed E-state index contributed by atoms with van der Waals surface area (Å²) in [4.78, 5) is 32.8. The number of benzene rings is 3. The highest BCUT2D eigenvalue weighted by atomic mass is 35.5. The normalized spacial score (nSPS) is 14.5. The predicted molar refractivity (Wildman–Crippen MR) is 162 cm³/mol. The fourth-order valence-electron chi connectivity index (χ4n) is 4.62. The maximum absolute atomic E-state index is 14.0. The minimum absolute atomic E-state index is 0.152. The third-order valence-corrected chi connectivity index (χ3v) is 7.91. The first-order valence-corrected chi connectivity index (χ1v) is 14.3. The van der Waals surface area contributed by atoms with E-state index in [2.05, 4.69) is 0 Å². The van der Waals surface area contributed by atoms with E-state index in [4.69, 9.17) is 47.7 Å². The standard InChI is InChI=1S/C31H23Cl2N3O5S/c1-3-40-30(38)25-26(19-7-5-4-6-8-19)35-31-36(27(25)20-9-11-21(32)12-10-20)29(37)24(42-31)17-18-15-22(33)28(41-14-13-34)23(16-18)39-2/h4-12,15-17,27H,3,14H2,1-2H3/b24-17-/t27-/m1/s1. The van der Waals surface area contributed by atoms with Gasteiger partial charge in [0.15, 0.2) is 22.9 Å². The number of carbonyl (C=O) groups is 1. The second kappa shape index (κ2) is 12.7. The third-order valence-electron chi connectivity index (χ3n) is 6.39. The van der Waals surface area contributed by atoms with E-state index in [1.165, 1.54) is 23.0 Å². The van der Waals surface area contributed by atoms with E-state index in [-0.39, 0.29) is 35.1 Å². The average molecular weight is 621 g/mol. The Morgan fingerprint density at radius 3 is 2.55 bits per heavy atom. The van der Waals surface area contributed by atoms with Crippen LogP contribution in [0.3, 0.4) is 0 Å². The van der Waals surface area contributed by atoms with Gasteiger partial charge in [0, 0.05) is 10.6 Å². The monoisotopic (exact) mass is 619 g/mol. The van der Waals surface area contributed by atoms with Gasteiger partial charge in [0.05, 0.1) is 40.6 Å². The lowest BCUT2D eigenvalue weighted by molar-refractivity contribution is -0.138. The number of methoxy groups -OCH3 is 1. The van der Waals surface area contributed by atoms with Gasteiger partial charge in [-0.15, -0.1) is 0 Å². The molecule has 0 N–H and O–H groups in total. The molecule has 42 heavy (non-hydrogen) atoms. The van der Waals surface area contributed by atoms with Gasteiger partial charge in [0.25, 0.3) is 5.56 Å². The van der Waals surface area contributed by atoms with Gasteiger partial charge in [0.2, 0.25) is 0 Å². The smallest absolute Gasteiger partial charge is 0.338 e. The van der Waals surface area contributed by atoms with E-state index in [1.807, 2.05) is 36.4 Å². The number of carbonyl (C=O) groups excluding carboxylic acids is 1. The summed E-state index contributed by atoms with van der Waals surface area (Å²) in [5.74, 6) is -0.0285. The number of fused-ring (bicyclic) bond motifs is 1. The lowest BCUT2D eigenvalue weighted by Gasteiger charge is -2.25. The lowest BCUT2D eigenvalue weighted by Crippen LogP contribution is -2.40. The Labute approximate surface area is 254 Å². The fourth-order valence-corrected chi connectivity index (χ4v) is 6.02. The molecular formula is C31H23Cl2N3O5S. The molecule has 212 valence electrons. The molecule has 2 heterocycles. The Bertz CT molecular complexity index is 1910. The Morgan fingerprint density at radius 1 is 1.14 bits per heavy atom. The molecule has 0 saturated heterocycles. The fraction of sp³-hybridized carbons (Fsp3) is 0.161. The van der Waals surface area contributed by atoms with Crippen molar-refractivity contribution < 1.29 is 19.0 Å². The van der Waals surface area contributed by atoms with Gasteiger partial charge < -0.3 is 14.2 Å². The van der Waals surface area contributed by atoms with Crippen molar-refractivity contribution in [3.63, 3.8) is 0 Å². The highest BCUT2D eigenvalue weighted by Gasteiger charge is 2.35. The Kier molecular flexibility index (Phi) is 8.78. The zero-order valence-electron chi connectivity index (χ0n) is 22.5. The summed E-state index contributed by atoms with van der Waals surface area (Å²) in [5.41, 5.74) is 2.26. The number of thiazole rings is 1. The van der Waals surface area contributed by atoms with Crippen LogP contribution in [0.4, 0.5) is 0 Å². The van der Waals surface area contributed by atoms with Crippen LogP contribution in [0.2, 0.25) is 10.0 Å². The number of ether oxygens (including phenoxy) is 3. The summed E-state index contributed by atoms with van der Waals surface area (Å²) in [6, 6.07) is 20.6. The second-order valence-electron chi connectivity index (χ2n) is 8.96. The summed E-state index contributed by atoms with van der Waals surface area (Å²) in [5, 5.41) is 9.62. The molecule has 0 saturated carbocycles. The van der Waals surface area contributed by atoms with Crippen molar-refractivity contribution >= 4 is 52.3 Å². The molecule has 4 aromatic rings. The molecular weight excluding hydrogens is 597 g/mol. The van der Waals surface area contributed by atoms with Crippen LogP contribution >= 0.6 is 34.5 Å². The molecule has 8 nitrogen and oxygen atoms in total. The maximum Gasteiger partial charge on any atom is 0.338 e. The Hall–Kier alpha value is -4.36. The topological polar surface area (TPSA) is 103 Å². The number of hydrogen-bond donors (Lipinski definition) is 0. The molecule has 3 aromatic carbocycles. The van der Waals surface area contributed by atoms with Gasteiger partial charge >= 0.3 is 5.97 Å². The first-order chi connectivity index (χ1) is 20.4. The molecule has 0 unspecified atom stereocenters. The molecule has 5 rings (SSSR count). The summed E-state index contributed by atoms with van der Waals surface area (Å²) in [6.07, 6.45) is 1.67. The number of esters is 1. The van der Waals surface area contributed by atoms with Crippen molar-refractivity contribution in [3.05, 3.63) is 119 Å². The largest absolute Gasteiger partial charge is 0.493 e. The van der Waals surface area contributed by atoms with Crippen molar-refractivity contribution in [2.75, 3.05) is 20.3 Å². The van der Waals surface area contributed by atoms with Crippen LogP contribution in [0.5, 0.6) is 11.5 Å². The Morgan fingerprint density at radius 2 is 1.88 bits per heavy atom. The summed E-state index contributed by atoms with van der Waals surface area (Å²) in [6.45, 7) is 1.67. The average Bonchev–Trinajstić information content (AvgIpc) is 3.30. The van der Waals surface area contributed by atoms with Crippen LogP contribution in [0, 0.1) is 11.3 Å². The van der Waals surface area contributed by atoms with Crippen LogP contribution in [-0.4, -0.2) is 30.9 Å². The van der Waals surface area contributed by atoms with Gasteiger partial charge in [-0.25, -0.2) is 9.79 Å². The number of halogens is 2. The van der Waals surface area contributed by atoms with Gasteiger partial charge in [-0.05, 0) is 48.4 Å². The first kappa shape index (κ1) is 29.1. The zero-order valence-corrected chi connectivity index (χ0v) is 24.8. The number of nitrogens with zero attached hydrogens (tertiary/aromatic N) is 3. The van der Waals surface area contributed by atoms with Gasteiger partial charge in [-0.1, -0.05) is 77.0 Å². The molecule has 1 aliphatic heterocycles. The van der Waals surface area contributed by atoms with Crippen LogP contribution in [-0.2, 0) is 9.53 Å². The molecule has 0 aliphatic carbocycles. The van der Waals surface area contributed by atoms with Gasteiger partial charge in [-0.3, -0.25) is 9.36 Å². The van der Waals surface area contributed by atoms with Crippen molar-refractivity contribution in [2.24, 2.45) is 4.99 Å². The van der Waals surface area contributed by atoms with E-state index in [0.29, 0.717) is 42.5 Å². The molecule has 0 radical (unpaired) electrons. The highest BCUT2D eigenvalue weighted by Crippen LogP contribution is 2.37. The molecule has 1 aromatic heterocycles. The SMILES string of the molecule is CCOC(=O)C1=C(c2ccccc2)N=c2s/c(=C\c3cc(Cl)c(OCC#N)c(OC)c3)c(=O)n2[C@@H]1c1ccc(Cl)cc1. The molecule has 0 fully saturated rings. The second-order valence-corrected chi connectivity index (χ2v) is 10.8. The molecule has 1 aliphatic rings. The first-order valence-electron chi connectivity index (χ1n) is 12.8. The lowest BCUT2D eigenvalue weighted by atomic mass is 9.93. The van der Waals surface area contributed by atoms with E-state index in [1.54, 1.807) is 49.4 Å². The molecule has 0 spiro atoms. The summed E-state index contributed by atoms with van der Waals surface area (Å²) < 4.78 is 18.2. The van der Waals surface area contributed by atoms with Crippen molar-refractivity contribution in [3.8, 4) is 17.6 Å². The van der Waals surface area contributed by atoms with Gasteiger partial charge in [0.1, 0.15) is 6.07 Å². The van der Waals surface area contributed by atoms with Crippen LogP contribution in [0.15, 0.2) is 82.1 Å². The minimum Gasteiger partial charge on any atom is -0.493 e. The number of hydrogen-bond acceptors (Lipinski definition) is 8. The Balaban J connectivity index is 1.77. The van der Waals surface area contributed by atoms with Crippen LogP contribution < -0.4 is 24.4 Å². The molecule has 0 amide bonds. The van der Waals surface area contributed by atoms with E-state index >= 15 is 0 Å². The zero-order chi connectivity index (χ0) is 29.8. The number of aromatic nitrogens is 1. The number of nitriles is 1. The minimum atomic E-state index is -0.824. The predicted octanol–water partition coefficient (Wildman–Crippen LogP) is 5.15. The summed E-state index contributed by atoms with van der Waals surface area (Å²) in [7, 11) is 1.46. The van der Waals surface area contributed by atoms with Crippen LogP contribution in [0.1, 0.15) is 29.7 Å². The number of rotatable bonds is 8.